The normalized spacial score (nSPS) is 13.5. The molecule has 0 saturated carbocycles. The zero-order chi connectivity index (χ0) is 16.2. The lowest BCUT2D eigenvalue weighted by Crippen LogP contribution is -2.36. The molecular weight excluding hydrogens is 322 g/mol. The number of carbonyl (C=O) groups is 1. The Morgan fingerprint density at radius 1 is 1.17 bits per heavy atom. The minimum absolute atomic E-state index is 0. The van der Waals surface area contributed by atoms with E-state index in [-0.39, 0.29) is 18.3 Å². The molecule has 5 heteroatoms. The first-order chi connectivity index (χ1) is 11.1. The lowest BCUT2D eigenvalue weighted by Gasteiger charge is -2.24. The Morgan fingerprint density at radius 2 is 1.96 bits per heavy atom. The molecule has 128 valence electrons. The van der Waals surface area contributed by atoms with Crippen molar-refractivity contribution < 1.29 is 4.79 Å². The molecule has 0 radical (unpaired) electrons. The number of halogens is 1. The number of para-hydroxylation sites is 1. The summed E-state index contributed by atoms with van der Waals surface area (Å²) in [6.07, 6.45) is 0. The number of aryl methyl sites for hydroxylation is 2. The summed E-state index contributed by atoms with van der Waals surface area (Å²) < 4.78 is 0. The topological polar surface area (TPSA) is 44.4 Å². The van der Waals surface area contributed by atoms with E-state index in [1.54, 1.807) is 0 Å². The van der Waals surface area contributed by atoms with Crippen LogP contribution in [0.25, 0.3) is 0 Å². The van der Waals surface area contributed by atoms with Gasteiger partial charge in [0.1, 0.15) is 0 Å². The smallest absolute Gasteiger partial charge is 0.243 e. The predicted molar refractivity (Wildman–Crippen MR) is 102 cm³/mol. The van der Waals surface area contributed by atoms with E-state index < -0.39 is 0 Å². The molecule has 0 fully saturated rings. The number of hydrogen-bond acceptors (Lipinski definition) is 3. The molecule has 0 aliphatic carbocycles. The average molecular weight is 346 g/mol. The maximum atomic E-state index is 12.4. The van der Waals surface area contributed by atoms with E-state index in [4.69, 9.17) is 0 Å². The van der Waals surface area contributed by atoms with Gasteiger partial charge in [0.25, 0.3) is 0 Å². The van der Waals surface area contributed by atoms with Crippen LogP contribution in [0.15, 0.2) is 42.5 Å². The molecule has 3 rings (SSSR count). The van der Waals surface area contributed by atoms with Crippen LogP contribution in [0, 0.1) is 13.8 Å². The van der Waals surface area contributed by atoms with E-state index >= 15 is 0 Å². The fourth-order valence-electron chi connectivity index (χ4n) is 2.88. The Kier molecular flexibility index (Phi) is 6.23. The van der Waals surface area contributed by atoms with E-state index in [0.29, 0.717) is 6.54 Å². The Labute approximate surface area is 149 Å². The van der Waals surface area contributed by atoms with Crippen LogP contribution in [0.1, 0.15) is 16.7 Å². The minimum Gasteiger partial charge on any atom is -0.361 e. The first kappa shape index (κ1) is 18.3. The van der Waals surface area contributed by atoms with Crippen molar-refractivity contribution in [2.45, 2.75) is 20.4 Å². The summed E-state index contributed by atoms with van der Waals surface area (Å²) in [6, 6.07) is 14.3. The van der Waals surface area contributed by atoms with Gasteiger partial charge in [-0.25, -0.2) is 0 Å². The quantitative estimate of drug-likeness (QED) is 0.897. The summed E-state index contributed by atoms with van der Waals surface area (Å²) in [6.45, 7) is 7.06. The molecule has 2 N–H and O–H groups in total. The number of nitrogens with one attached hydrogen (secondary N) is 2. The van der Waals surface area contributed by atoms with E-state index in [2.05, 4.69) is 41.5 Å². The molecule has 0 unspecified atom stereocenters. The monoisotopic (exact) mass is 345 g/mol. The summed E-state index contributed by atoms with van der Waals surface area (Å²) in [5, 5.41) is 6.40. The SMILES string of the molecule is Cc1ccc(NC(=O)CN2CCNCc3ccccc32)cc1C.Cl. The largest absolute Gasteiger partial charge is 0.361 e. The molecule has 1 aliphatic rings. The summed E-state index contributed by atoms with van der Waals surface area (Å²) in [5.41, 5.74) is 5.67. The highest BCUT2D eigenvalue weighted by molar-refractivity contribution is 5.94. The second kappa shape index (κ2) is 8.18. The Morgan fingerprint density at radius 3 is 2.75 bits per heavy atom. The van der Waals surface area contributed by atoms with Gasteiger partial charge in [0, 0.05) is 31.0 Å². The molecule has 0 bridgehead atoms. The summed E-state index contributed by atoms with van der Waals surface area (Å²) in [5.74, 6) is 0.0185. The average Bonchev–Trinajstić information content (AvgIpc) is 2.74. The van der Waals surface area contributed by atoms with Crippen LogP contribution >= 0.6 is 12.4 Å². The van der Waals surface area contributed by atoms with Crippen molar-refractivity contribution in [2.75, 3.05) is 29.9 Å². The van der Waals surface area contributed by atoms with Gasteiger partial charge in [-0.3, -0.25) is 4.79 Å². The molecule has 2 aromatic carbocycles. The second-order valence-electron chi connectivity index (χ2n) is 6.07. The Balaban J connectivity index is 0.00000208. The number of hydrogen-bond donors (Lipinski definition) is 2. The van der Waals surface area contributed by atoms with Gasteiger partial charge in [-0.15, -0.1) is 12.4 Å². The van der Waals surface area contributed by atoms with Crippen LogP contribution < -0.4 is 15.5 Å². The summed E-state index contributed by atoms with van der Waals surface area (Å²) in [4.78, 5) is 14.6. The predicted octanol–water partition coefficient (Wildman–Crippen LogP) is 3.27. The number of benzene rings is 2. The molecule has 2 aromatic rings. The van der Waals surface area contributed by atoms with Crippen molar-refractivity contribution in [1.82, 2.24) is 5.32 Å². The van der Waals surface area contributed by atoms with Crippen LogP contribution in [0.3, 0.4) is 0 Å². The van der Waals surface area contributed by atoms with Crippen molar-refractivity contribution in [3.05, 3.63) is 59.2 Å². The maximum absolute atomic E-state index is 12.4. The minimum atomic E-state index is 0. The third-order valence-electron chi connectivity index (χ3n) is 4.33. The van der Waals surface area contributed by atoms with Crippen molar-refractivity contribution in [3.63, 3.8) is 0 Å². The van der Waals surface area contributed by atoms with Gasteiger partial charge in [0.2, 0.25) is 5.91 Å². The van der Waals surface area contributed by atoms with E-state index in [0.717, 1.165) is 31.0 Å². The molecule has 4 nitrogen and oxygen atoms in total. The van der Waals surface area contributed by atoms with Crippen molar-refractivity contribution in [1.29, 1.82) is 0 Å². The van der Waals surface area contributed by atoms with Gasteiger partial charge in [-0.1, -0.05) is 24.3 Å². The molecule has 0 aromatic heterocycles. The first-order valence-corrected chi connectivity index (χ1v) is 8.04. The molecule has 0 spiro atoms. The number of rotatable bonds is 3. The van der Waals surface area contributed by atoms with Crippen molar-refractivity contribution in [3.8, 4) is 0 Å². The lowest BCUT2D eigenvalue weighted by molar-refractivity contribution is -0.115. The zero-order valence-corrected chi connectivity index (χ0v) is 15.0. The number of anilines is 2. The van der Waals surface area contributed by atoms with Gasteiger partial charge in [-0.05, 0) is 48.7 Å². The van der Waals surface area contributed by atoms with Gasteiger partial charge < -0.3 is 15.5 Å². The van der Waals surface area contributed by atoms with E-state index in [9.17, 15) is 4.79 Å². The van der Waals surface area contributed by atoms with Crippen LogP contribution in [-0.2, 0) is 11.3 Å². The molecule has 1 amide bonds. The molecule has 24 heavy (non-hydrogen) atoms. The van der Waals surface area contributed by atoms with Crippen LogP contribution in [0.5, 0.6) is 0 Å². The van der Waals surface area contributed by atoms with Gasteiger partial charge in [0.05, 0.1) is 6.54 Å². The Bertz CT molecular complexity index is 718. The molecule has 1 aliphatic heterocycles. The van der Waals surface area contributed by atoms with Crippen LogP contribution in [-0.4, -0.2) is 25.5 Å². The Hall–Kier alpha value is -2.04. The zero-order valence-electron chi connectivity index (χ0n) is 14.1. The third kappa shape index (κ3) is 4.28. The van der Waals surface area contributed by atoms with Gasteiger partial charge in [-0.2, -0.15) is 0 Å². The fourth-order valence-corrected chi connectivity index (χ4v) is 2.88. The summed E-state index contributed by atoms with van der Waals surface area (Å²) in [7, 11) is 0. The van der Waals surface area contributed by atoms with Crippen molar-refractivity contribution >= 4 is 29.7 Å². The number of nitrogens with zero attached hydrogens (tertiary/aromatic N) is 1. The lowest BCUT2D eigenvalue weighted by atomic mass is 10.1. The number of amides is 1. The molecular formula is C19H24ClN3O. The summed E-state index contributed by atoms with van der Waals surface area (Å²) >= 11 is 0. The highest BCUT2D eigenvalue weighted by Gasteiger charge is 2.17. The van der Waals surface area contributed by atoms with Crippen LogP contribution in [0.4, 0.5) is 11.4 Å². The fraction of sp³-hybridized carbons (Fsp3) is 0.316. The second-order valence-corrected chi connectivity index (χ2v) is 6.07. The number of carbonyl (C=O) groups excluding carboxylic acids is 1. The highest BCUT2D eigenvalue weighted by Crippen LogP contribution is 2.22. The van der Waals surface area contributed by atoms with E-state index in [1.165, 1.54) is 16.7 Å². The van der Waals surface area contributed by atoms with Crippen LogP contribution in [0.2, 0.25) is 0 Å². The molecule has 1 heterocycles. The highest BCUT2D eigenvalue weighted by atomic mass is 35.5. The van der Waals surface area contributed by atoms with Gasteiger partial charge in [0.15, 0.2) is 0 Å². The van der Waals surface area contributed by atoms with Gasteiger partial charge >= 0.3 is 0 Å². The third-order valence-corrected chi connectivity index (χ3v) is 4.33. The molecule has 0 atom stereocenters. The van der Waals surface area contributed by atoms with E-state index in [1.807, 2.05) is 30.3 Å². The van der Waals surface area contributed by atoms with Crippen molar-refractivity contribution in [2.24, 2.45) is 0 Å². The first-order valence-electron chi connectivity index (χ1n) is 8.04. The number of fused-ring (bicyclic) bond motifs is 1. The standard InChI is InChI=1S/C19H23N3O.ClH/c1-14-7-8-17(11-15(14)2)21-19(23)13-22-10-9-20-12-16-5-3-4-6-18(16)22;/h3-8,11,20H,9-10,12-13H2,1-2H3,(H,21,23);1H. The molecule has 0 saturated heterocycles. The maximum Gasteiger partial charge on any atom is 0.243 e.